The average molecular weight is 828 g/mol. The monoisotopic (exact) mass is 827 g/mol. The summed E-state index contributed by atoms with van der Waals surface area (Å²) in [5, 5.41) is 5.42. The first kappa shape index (κ1) is 49.2. The third-order valence-electron chi connectivity index (χ3n) is 10.1. The van der Waals surface area contributed by atoms with Crippen molar-refractivity contribution in [1.82, 2.24) is 10.4 Å². The van der Waals surface area contributed by atoms with Crippen molar-refractivity contribution in [3.63, 3.8) is 0 Å². The zero-order valence-corrected chi connectivity index (χ0v) is 36.6. The number of hydrogen-bond donors (Lipinski definition) is 1. The maximum Gasteiger partial charge on any atom is -0.171 e. The molecule has 1 saturated heterocycles. The first-order valence-electron chi connectivity index (χ1n) is 19.5. The summed E-state index contributed by atoms with van der Waals surface area (Å²) in [5.74, 6) is -1.11. The van der Waals surface area contributed by atoms with Crippen molar-refractivity contribution in [2.45, 2.75) is 117 Å². The summed E-state index contributed by atoms with van der Waals surface area (Å²) < 4.78 is 18.5. The Bertz CT molecular complexity index is 1650. The Morgan fingerprint density at radius 2 is 1.49 bits per heavy atom. The van der Waals surface area contributed by atoms with Crippen molar-refractivity contribution in [3.8, 4) is 5.75 Å². The quantitative estimate of drug-likeness (QED) is 0.0741. The molecule has 0 aromatic heterocycles. The molecule has 0 radical (unpaired) electrons. The number of benzene rings is 3. The van der Waals surface area contributed by atoms with E-state index >= 15 is 0 Å². The Labute approximate surface area is 350 Å². The van der Waals surface area contributed by atoms with E-state index in [9.17, 15) is 14.4 Å². The van der Waals surface area contributed by atoms with Crippen LogP contribution in [0, 0.1) is 29.7 Å². The standard InChI is InChI=1S/C41H59N2O6.C6H5.Co.O/c1-12-41(10,28-38(3,4)5)37(46)42-33-25-39(6,7)43(40(8,9)26-33)48-27-32(24-29(2)31-16-14-13-15-17-31)36(45)49-34-21-18-30(19-22-34)20-23-35(44)47-11;1-2-4-6-5-3-1;;/h13-23,29,32-33H,2,12,24-28H2,1,3-11H3,(H,42,46);1-5H;;/q2*-1;;/b23-20+;;;. The van der Waals surface area contributed by atoms with Crippen molar-refractivity contribution >= 4 is 23.9 Å². The number of rotatable bonds is 14. The Kier molecular flexibility index (Phi) is 19.7. The van der Waals surface area contributed by atoms with Crippen LogP contribution in [0.15, 0.2) is 91.0 Å². The molecule has 1 aliphatic heterocycles. The summed E-state index contributed by atoms with van der Waals surface area (Å²) in [4.78, 5) is 45.5. The molecule has 0 spiro atoms. The minimum atomic E-state index is -0.603. The number of esters is 2. The van der Waals surface area contributed by atoms with Crippen LogP contribution in [0.2, 0.25) is 0 Å². The largest absolute Gasteiger partial charge is 0.184 e. The summed E-state index contributed by atoms with van der Waals surface area (Å²) >= 11 is 2.31. The van der Waals surface area contributed by atoms with Gasteiger partial charge in [0.1, 0.15) is 5.75 Å². The van der Waals surface area contributed by atoms with E-state index in [1.165, 1.54) is 13.2 Å². The second-order valence-electron chi connectivity index (χ2n) is 17.4. The molecule has 3 aromatic rings. The van der Waals surface area contributed by atoms with Crippen molar-refractivity contribution in [2.24, 2.45) is 16.7 Å². The molecule has 10 heteroatoms. The third kappa shape index (κ3) is 16.4. The molecule has 0 aliphatic carbocycles. The van der Waals surface area contributed by atoms with Crippen LogP contribution in [0.3, 0.4) is 0 Å². The van der Waals surface area contributed by atoms with Crippen LogP contribution in [-0.2, 0) is 43.5 Å². The van der Waals surface area contributed by atoms with E-state index in [0.29, 0.717) is 25.0 Å². The van der Waals surface area contributed by atoms with Gasteiger partial charge < -0.3 is 21.7 Å². The van der Waals surface area contributed by atoms with Crippen molar-refractivity contribution < 1.29 is 48.2 Å². The minimum absolute atomic E-state index is 0.0170. The fourth-order valence-electron chi connectivity index (χ4n) is 7.63. The maximum atomic E-state index is 13.7. The Hall–Kier alpha value is -3.96. The summed E-state index contributed by atoms with van der Waals surface area (Å²) in [7, 11) is 1.32. The van der Waals surface area contributed by atoms with Crippen LogP contribution in [0.5, 0.6) is 5.75 Å². The van der Waals surface area contributed by atoms with Crippen LogP contribution in [0.4, 0.5) is 0 Å². The number of amides is 1. The number of piperidine rings is 1. The molecule has 1 amide bonds. The van der Waals surface area contributed by atoms with Crippen LogP contribution in [-0.4, -0.2) is 53.7 Å². The van der Waals surface area contributed by atoms with E-state index in [1.807, 2.05) is 65.7 Å². The SMILES string of the molecule is [CH2-]C(CC(CON1C(C)(C)CC(NC(=O)C(C)(CC)CC(C)(C)C)CC1(C)C)C(=O)Oc1ccc(/C=C/C(=O)OC)cc1)c1ccccc1.[O]=[Co].[c-]1ccccc1. The minimum Gasteiger partial charge on any atom is -0.184 e. The van der Waals surface area contributed by atoms with Crippen LogP contribution in [0.25, 0.3) is 6.08 Å². The van der Waals surface area contributed by atoms with Gasteiger partial charge in [-0.05, 0) is 82.6 Å². The number of carbonyl (C=O) groups excluding carboxylic acids is 3. The van der Waals surface area contributed by atoms with Gasteiger partial charge in [0.05, 0.1) is 19.6 Å². The fraction of sp³-hybridized carbons (Fsp3) is 0.489. The van der Waals surface area contributed by atoms with E-state index in [4.69, 9.17) is 13.4 Å². The average Bonchev–Trinajstić information content (AvgIpc) is 3.17. The zero-order valence-electron chi connectivity index (χ0n) is 35.6. The molecule has 9 nitrogen and oxygen atoms in total. The number of nitrogens with one attached hydrogen (secondary N) is 1. The normalized spacial score (nSPS) is 17.3. The molecule has 3 aromatic carbocycles. The van der Waals surface area contributed by atoms with E-state index in [0.717, 1.165) is 24.0 Å². The fourth-order valence-corrected chi connectivity index (χ4v) is 7.63. The smallest absolute Gasteiger partial charge is 0.171 e. The number of hydrogen-bond acceptors (Lipinski definition) is 8. The van der Waals surface area contributed by atoms with Gasteiger partial charge in [-0.15, -0.1) is 5.92 Å². The summed E-state index contributed by atoms with van der Waals surface area (Å²) in [6.45, 7) is 23.7. The van der Waals surface area contributed by atoms with Gasteiger partial charge in [-0.2, -0.15) is 41.5 Å². The first-order chi connectivity index (χ1) is 26.8. The van der Waals surface area contributed by atoms with Gasteiger partial charge >= 0.3 is 31.5 Å². The third-order valence-corrected chi connectivity index (χ3v) is 10.1. The second kappa shape index (κ2) is 22.8. The van der Waals surface area contributed by atoms with Gasteiger partial charge in [0.2, 0.25) is 5.91 Å². The van der Waals surface area contributed by atoms with Gasteiger partial charge in [-0.1, -0.05) is 89.1 Å². The van der Waals surface area contributed by atoms with Crippen LogP contribution < -0.4 is 10.1 Å². The van der Waals surface area contributed by atoms with Crippen LogP contribution in [0.1, 0.15) is 111 Å². The zero-order chi connectivity index (χ0) is 42.9. The molecule has 0 bridgehead atoms. The van der Waals surface area contributed by atoms with Crippen molar-refractivity contribution in [1.29, 1.82) is 0 Å². The van der Waals surface area contributed by atoms with Gasteiger partial charge in [0.15, 0.2) is 0 Å². The Morgan fingerprint density at radius 1 is 0.930 bits per heavy atom. The van der Waals surface area contributed by atoms with Crippen LogP contribution >= 0.6 is 0 Å². The molecular weight excluding hydrogens is 763 g/mol. The molecule has 1 fully saturated rings. The molecule has 4 rings (SSSR count). The van der Waals surface area contributed by atoms with Gasteiger partial charge in [0, 0.05) is 28.6 Å². The molecule has 1 aliphatic rings. The molecule has 57 heavy (non-hydrogen) atoms. The Balaban J connectivity index is 0.00000126. The van der Waals surface area contributed by atoms with Gasteiger partial charge in [0.25, 0.3) is 0 Å². The predicted molar refractivity (Wildman–Crippen MR) is 221 cm³/mol. The molecule has 3 atom stereocenters. The van der Waals surface area contributed by atoms with E-state index in [-0.39, 0.29) is 29.9 Å². The molecule has 315 valence electrons. The molecule has 1 N–H and O–H groups in total. The van der Waals surface area contributed by atoms with Gasteiger partial charge in [-0.3, -0.25) is 14.4 Å². The molecule has 3 unspecified atom stereocenters. The maximum absolute atomic E-state index is 13.7. The van der Waals surface area contributed by atoms with E-state index in [1.54, 1.807) is 30.3 Å². The number of ether oxygens (including phenoxy) is 2. The number of hydroxylamine groups is 2. The first-order valence-corrected chi connectivity index (χ1v) is 20.0. The van der Waals surface area contributed by atoms with Crippen molar-refractivity contribution in [3.05, 3.63) is 115 Å². The predicted octanol–water partition coefficient (Wildman–Crippen LogP) is 9.69. The number of carbonyl (C=O) groups is 3. The topological polar surface area (TPSA) is 111 Å². The molecule has 1 heterocycles. The number of nitrogens with zero attached hydrogens (tertiary/aromatic N) is 1. The summed E-state index contributed by atoms with van der Waals surface area (Å²) in [6, 6.07) is 29.3. The Morgan fingerprint density at radius 3 is 1.96 bits per heavy atom. The van der Waals surface area contributed by atoms with Crippen molar-refractivity contribution in [2.75, 3.05) is 13.7 Å². The van der Waals surface area contributed by atoms with E-state index in [2.05, 4.69) is 101 Å². The molecule has 0 saturated carbocycles. The number of methoxy groups -OCH3 is 1. The summed E-state index contributed by atoms with van der Waals surface area (Å²) in [5.41, 5.74) is 0.525. The second-order valence-corrected chi connectivity index (χ2v) is 17.4. The summed E-state index contributed by atoms with van der Waals surface area (Å²) in [6.07, 6.45) is 6.38. The van der Waals surface area contributed by atoms with Gasteiger partial charge in [-0.25, -0.2) is 4.79 Å². The van der Waals surface area contributed by atoms with E-state index < -0.39 is 34.3 Å². The molecular formula is C47H64CoN2O7-2.